The Morgan fingerprint density at radius 1 is 1.30 bits per heavy atom. The minimum Gasteiger partial charge on any atom is -0.325 e. The van der Waals surface area contributed by atoms with Gasteiger partial charge in [0.15, 0.2) is 11.6 Å². The lowest BCUT2D eigenvalue weighted by atomic mass is 10.1. The highest BCUT2D eigenvalue weighted by Gasteiger charge is 2.47. The SMILES string of the molecule is Cc1ccc(NC(=O)[C@@H]2C[C@H]3C[C@H]3N2)cc1-c1ncc(F)cn1. The lowest BCUT2D eigenvalue weighted by Gasteiger charge is -2.14. The molecule has 2 fully saturated rings. The molecular weight excluding hydrogens is 295 g/mol. The van der Waals surface area contributed by atoms with Crippen LogP contribution in [0, 0.1) is 18.7 Å². The average molecular weight is 312 g/mol. The molecule has 2 aromatic rings. The van der Waals surface area contributed by atoms with Crippen molar-refractivity contribution in [3.8, 4) is 11.4 Å². The van der Waals surface area contributed by atoms with Crippen LogP contribution in [0.3, 0.4) is 0 Å². The molecular formula is C17H17FN4O. The molecule has 6 heteroatoms. The van der Waals surface area contributed by atoms with Gasteiger partial charge in [0.1, 0.15) is 0 Å². The number of fused-ring (bicyclic) bond motifs is 1. The topological polar surface area (TPSA) is 66.9 Å². The molecule has 5 nitrogen and oxygen atoms in total. The van der Waals surface area contributed by atoms with Crippen LogP contribution in [0.5, 0.6) is 0 Å². The molecule has 2 aliphatic rings. The first-order chi connectivity index (χ1) is 11.1. The highest BCUT2D eigenvalue weighted by atomic mass is 19.1. The molecule has 0 radical (unpaired) electrons. The maximum absolute atomic E-state index is 13.0. The van der Waals surface area contributed by atoms with Gasteiger partial charge in [-0.15, -0.1) is 0 Å². The maximum Gasteiger partial charge on any atom is 0.241 e. The molecule has 1 aliphatic carbocycles. The van der Waals surface area contributed by atoms with Crippen LogP contribution in [-0.2, 0) is 4.79 Å². The van der Waals surface area contributed by atoms with Gasteiger partial charge in [-0.05, 0) is 43.4 Å². The first-order valence-corrected chi connectivity index (χ1v) is 7.75. The van der Waals surface area contributed by atoms with Crippen molar-refractivity contribution >= 4 is 11.6 Å². The normalized spacial score (nSPS) is 25.0. The van der Waals surface area contributed by atoms with E-state index >= 15 is 0 Å². The number of nitrogens with zero attached hydrogens (tertiary/aromatic N) is 2. The number of carbonyl (C=O) groups excluding carboxylic acids is 1. The maximum atomic E-state index is 13.0. The zero-order valence-electron chi connectivity index (χ0n) is 12.7. The number of benzene rings is 1. The Hall–Kier alpha value is -2.34. The Balaban J connectivity index is 1.54. The third kappa shape index (κ3) is 2.82. The molecule has 1 amide bonds. The van der Waals surface area contributed by atoms with Crippen LogP contribution in [0.1, 0.15) is 18.4 Å². The minimum absolute atomic E-state index is 0.00738. The molecule has 118 valence electrons. The Morgan fingerprint density at radius 3 is 2.78 bits per heavy atom. The summed E-state index contributed by atoms with van der Waals surface area (Å²) in [7, 11) is 0. The van der Waals surface area contributed by atoms with Gasteiger partial charge in [0.2, 0.25) is 5.91 Å². The van der Waals surface area contributed by atoms with E-state index in [0.29, 0.717) is 23.5 Å². The standard InChI is InChI=1S/C17H17FN4O/c1-9-2-3-12(6-13(9)16-19-7-11(18)8-20-16)21-17(23)15-5-10-4-14(10)22-15/h2-3,6-8,10,14-15,22H,4-5H2,1H3,(H,21,23)/t10-,14-,15+/m1/s1. The fraction of sp³-hybridized carbons (Fsp3) is 0.353. The number of piperidine rings is 1. The molecule has 1 aliphatic heterocycles. The van der Waals surface area contributed by atoms with Gasteiger partial charge in [0, 0.05) is 17.3 Å². The fourth-order valence-corrected chi connectivity index (χ4v) is 3.15. The Kier molecular flexibility index (Phi) is 3.34. The van der Waals surface area contributed by atoms with Gasteiger partial charge < -0.3 is 10.6 Å². The van der Waals surface area contributed by atoms with Gasteiger partial charge in [0.25, 0.3) is 0 Å². The van der Waals surface area contributed by atoms with Gasteiger partial charge in [0.05, 0.1) is 18.4 Å². The van der Waals surface area contributed by atoms with Gasteiger partial charge in [-0.2, -0.15) is 0 Å². The molecule has 1 aromatic heterocycles. The van der Waals surface area contributed by atoms with Crippen LogP contribution >= 0.6 is 0 Å². The number of rotatable bonds is 3. The van der Waals surface area contributed by atoms with E-state index in [1.807, 2.05) is 25.1 Å². The summed E-state index contributed by atoms with van der Waals surface area (Å²) >= 11 is 0. The molecule has 0 spiro atoms. The molecule has 2 heterocycles. The number of halogens is 1. The molecule has 0 unspecified atom stereocenters. The third-order valence-electron chi connectivity index (χ3n) is 4.56. The quantitative estimate of drug-likeness (QED) is 0.912. The summed E-state index contributed by atoms with van der Waals surface area (Å²) in [5, 5.41) is 6.28. The second-order valence-corrected chi connectivity index (χ2v) is 6.30. The summed E-state index contributed by atoms with van der Waals surface area (Å²) in [6.45, 7) is 1.93. The summed E-state index contributed by atoms with van der Waals surface area (Å²) in [6.07, 6.45) is 4.39. The van der Waals surface area contributed by atoms with Crippen molar-refractivity contribution in [1.29, 1.82) is 0 Å². The number of hydrogen-bond donors (Lipinski definition) is 2. The van der Waals surface area contributed by atoms with Crippen LogP contribution in [0.25, 0.3) is 11.4 Å². The largest absolute Gasteiger partial charge is 0.325 e. The molecule has 1 saturated carbocycles. The van der Waals surface area contributed by atoms with Crippen molar-refractivity contribution in [2.24, 2.45) is 5.92 Å². The Labute approximate surface area is 133 Å². The zero-order chi connectivity index (χ0) is 16.0. The number of aromatic nitrogens is 2. The minimum atomic E-state index is -0.471. The van der Waals surface area contributed by atoms with E-state index in [1.165, 1.54) is 6.42 Å². The van der Waals surface area contributed by atoms with Crippen LogP contribution in [0.4, 0.5) is 10.1 Å². The number of aryl methyl sites for hydroxylation is 1. The smallest absolute Gasteiger partial charge is 0.241 e. The Bertz CT molecular complexity index is 752. The summed E-state index contributed by atoms with van der Waals surface area (Å²) in [5.74, 6) is 0.640. The predicted octanol–water partition coefficient (Wildman–Crippen LogP) is 2.28. The monoisotopic (exact) mass is 312 g/mol. The van der Waals surface area contributed by atoms with E-state index in [4.69, 9.17) is 0 Å². The highest BCUT2D eigenvalue weighted by Crippen LogP contribution is 2.40. The molecule has 1 aromatic carbocycles. The van der Waals surface area contributed by atoms with E-state index in [1.54, 1.807) is 0 Å². The summed E-state index contributed by atoms with van der Waals surface area (Å²) in [6, 6.07) is 6.01. The average Bonchev–Trinajstić information content (AvgIpc) is 3.16. The molecule has 0 bridgehead atoms. The first kappa shape index (κ1) is 14.3. The van der Waals surface area contributed by atoms with Crippen molar-refractivity contribution in [2.75, 3.05) is 5.32 Å². The summed E-state index contributed by atoms with van der Waals surface area (Å²) in [4.78, 5) is 20.3. The number of amides is 1. The summed E-state index contributed by atoms with van der Waals surface area (Å²) < 4.78 is 13.0. The number of carbonyl (C=O) groups is 1. The van der Waals surface area contributed by atoms with Crippen LogP contribution in [-0.4, -0.2) is 28.0 Å². The van der Waals surface area contributed by atoms with Crippen LogP contribution in [0.15, 0.2) is 30.6 Å². The molecule has 23 heavy (non-hydrogen) atoms. The number of hydrogen-bond acceptors (Lipinski definition) is 4. The van der Waals surface area contributed by atoms with Crippen molar-refractivity contribution in [3.05, 3.63) is 42.0 Å². The molecule has 4 rings (SSSR count). The molecule has 1 saturated heterocycles. The van der Waals surface area contributed by atoms with Crippen molar-refractivity contribution in [3.63, 3.8) is 0 Å². The van der Waals surface area contributed by atoms with Crippen molar-refractivity contribution in [2.45, 2.75) is 31.8 Å². The van der Waals surface area contributed by atoms with E-state index < -0.39 is 5.82 Å². The fourth-order valence-electron chi connectivity index (χ4n) is 3.15. The zero-order valence-corrected chi connectivity index (χ0v) is 12.7. The highest BCUT2D eigenvalue weighted by molar-refractivity contribution is 5.95. The number of anilines is 1. The van der Waals surface area contributed by atoms with Gasteiger partial charge in [-0.1, -0.05) is 6.07 Å². The van der Waals surface area contributed by atoms with E-state index in [-0.39, 0.29) is 11.9 Å². The summed E-state index contributed by atoms with van der Waals surface area (Å²) in [5.41, 5.74) is 2.45. The van der Waals surface area contributed by atoms with Gasteiger partial charge in [-0.3, -0.25) is 4.79 Å². The molecule has 3 atom stereocenters. The van der Waals surface area contributed by atoms with Gasteiger partial charge in [-0.25, -0.2) is 14.4 Å². The Morgan fingerprint density at radius 2 is 2.09 bits per heavy atom. The molecule has 2 N–H and O–H groups in total. The predicted molar refractivity (Wildman–Crippen MR) is 84.2 cm³/mol. The lowest BCUT2D eigenvalue weighted by molar-refractivity contribution is -0.118. The van der Waals surface area contributed by atoms with E-state index in [0.717, 1.165) is 29.9 Å². The van der Waals surface area contributed by atoms with Gasteiger partial charge >= 0.3 is 0 Å². The second-order valence-electron chi connectivity index (χ2n) is 6.30. The van der Waals surface area contributed by atoms with Crippen LogP contribution in [0.2, 0.25) is 0 Å². The van der Waals surface area contributed by atoms with E-state index in [2.05, 4.69) is 20.6 Å². The second kappa shape index (κ2) is 5.38. The van der Waals surface area contributed by atoms with Crippen LogP contribution < -0.4 is 10.6 Å². The lowest BCUT2D eigenvalue weighted by Crippen LogP contribution is -2.37. The third-order valence-corrected chi connectivity index (χ3v) is 4.56. The first-order valence-electron chi connectivity index (χ1n) is 7.75. The van der Waals surface area contributed by atoms with Crippen molar-refractivity contribution in [1.82, 2.24) is 15.3 Å². The van der Waals surface area contributed by atoms with Crippen molar-refractivity contribution < 1.29 is 9.18 Å². The number of nitrogens with one attached hydrogen (secondary N) is 2. The van der Waals surface area contributed by atoms with E-state index in [9.17, 15) is 9.18 Å².